The van der Waals surface area contributed by atoms with Gasteiger partial charge < -0.3 is 25.2 Å². The standard InChI is InChI=1S/C32H32N2O7/c1-2-18-40-31(38)28(19-21-10-4-3-5-11-21)33-30(37)27(16-17-29(35)36)34-32(39)41-20-26-24-14-8-6-12-22(24)23-13-7-9-15-25(23)26/h2-15,26-28H,1,16-20H2,(H,33,37)(H,34,39)(H,35,36)/t27-,28-/m0/s1. The first-order valence-electron chi connectivity index (χ1n) is 13.3. The Morgan fingerprint density at radius 2 is 1.44 bits per heavy atom. The zero-order valence-corrected chi connectivity index (χ0v) is 22.5. The Hall–Kier alpha value is -4.92. The number of carbonyl (C=O) groups is 4. The Balaban J connectivity index is 1.44. The highest BCUT2D eigenvalue weighted by atomic mass is 16.5. The Bertz CT molecular complexity index is 1360. The summed E-state index contributed by atoms with van der Waals surface area (Å²) in [6, 6.07) is 22.5. The molecule has 1 aliphatic rings. The van der Waals surface area contributed by atoms with Crippen LogP contribution in [-0.4, -0.2) is 54.3 Å². The summed E-state index contributed by atoms with van der Waals surface area (Å²) in [6.45, 7) is 3.51. The first-order chi connectivity index (χ1) is 19.9. The summed E-state index contributed by atoms with van der Waals surface area (Å²) in [5.41, 5.74) is 4.99. The number of hydrogen-bond donors (Lipinski definition) is 3. The molecule has 212 valence electrons. The quantitative estimate of drug-likeness (QED) is 0.212. The second kappa shape index (κ2) is 13.9. The Morgan fingerprint density at radius 1 is 0.829 bits per heavy atom. The van der Waals surface area contributed by atoms with Gasteiger partial charge in [0.1, 0.15) is 25.3 Å². The molecule has 0 radical (unpaired) electrons. The number of alkyl carbamates (subject to hydrolysis) is 1. The number of carbonyl (C=O) groups excluding carboxylic acids is 3. The lowest BCUT2D eigenvalue weighted by atomic mass is 9.98. The van der Waals surface area contributed by atoms with Gasteiger partial charge in [0, 0.05) is 18.8 Å². The molecular weight excluding hydrogens is 524 g/mol. The minimum Gasteiger partial charge on any atom is -0.481 e. The van der Waals surface area contributed by atoms with E-state index in [2.05, 4.69) is 17.2 Å². The summed E-state index contributed by atoms with van der Waals surface area (Å²) >= 11 is 0. The maximum Gasteiger partial charge on any atom is 0.407 e. The molecule has 0 aromatic heterocycles. The maximum atomic E-state index is 13.3. The van der Waals surface area contributed by atoms with Crippen LogP contribution in [0.4, 0.5) is 4.79 Å². The van der Waals surface area contributed by atoms with Crippen molar-refractivity contribution in [3.8, 4) is 11.1 Å². The zero-order chi connectivity index (χ0) is 29.2. The van der Waals surface area contributed by atoms with Gasteiger partial charge in [-0.05, 0) is 34.2 Å². The second-order valence-corrected chi connectivity index (χ2v) is 9.62. The molecule has 1 aliphatic carbocycles. The average Bonchev–Trinajstić information content (AvgIpc) is 3.30. The third-order valence-electron chi connectivity index (χ3n) is 6.83. The van der Waals surface area contributed by atoms with Crippen LogP contribution in [0.15, 0.2) is 91.5 Å². The zero-order valence-electron chi connectivity index (χ0n) is 22.5. The van der Waals surface area contributed by atoms with Gasteiger partial charge in [-0.15, -0.1) is 0 Å². The normalized spacial score (nSPS) is 13.2. The van der Waals surface area contributed by atoms with Gasteiger partial charge in [-0.3, -0.25) is 9.59 Å². The molecule has 3 N–H and O–H groups in total. The van der Waals surface area contributed by atoms with E-state index in [9.17, 15) is 24.3 Å². The van der Waals surface area contributed by atoms with E-state index in [0.717, 1.165) is 27.8 Å². The molecule has 2 atom stereocenters. The van der Waals surface area contributed by atoms with Gasteiger partial charge in [0.25, 0.3) is 0 Å². The van der Waals surface area contributed by atoms with Gasteiger partial charge in [-0.2, -0.15) is 0 Å². The highest BCUT2D eigenvalue weighted by molar-refractivity contribution is 5.90. The summed E-state index contributed by atoms with van der Waals surface area (Å²) in [5.74, 6) is -2.73. The molecule has 0 saturated carbocycles. The van der Waals surface area contributed by atoms with Crippen molar-refractivity contribution in [3.05, 3.63) is 108 Å². The van der Waals surface area contributed by atoms with E-state index in [-0.39, 0.29) is 38.4 Å². The molecule has 4 rings (SSSR count). The van der Waals surface area contributed by atoms with Crippen molar-refractivity contribution < 1.29 is 33.8 Å². The highest BCUT2D eigenvalue weighted by Crippen LogP contribution is 2.44. The Kier molecular flexibility index (Phi) is 9.88. The van der Waals surface area contributed by atoms with E-state index in [4.69, 9.17) is 9.47 Å². The molecule has 9 nitrogen and oxygen atoms in total. The van der Waals surface area contributed by atoms with Crippen LogP contribution < -0.4 is 10.6 Å². The lowest BCUT2D eigenvalue weighted by molar-refractivity contribution is -0.147. The smallest absolute Gasteiger partial charge is 0.407 e. The molecule has 0 saturated heterocycles. The van der Waals surface area contributed by atoms with E-state index in [1.807, 2.05) is 54.6 Å². The van der Waals surface area contributed by atoms with Gasteiger partial charge in [-0.25, -0.2) is 9.59 Å². The Labute approximate surface area is 238 Å². The lowest BCUT2D eigenvalue weighted by Crippen LogP contribution is -2.52. The summed E-state index contributed by atoms with van der Waals surface area (Å²) in [5, 5.41) is 14.3. The van der Waals surface area contributed by atoms with Crippen LogP contribution in [0.2, 0.25) is 0 Å². The van der Waals surface area contributed by atoms with Crippen molar-refractivity contribution in [2.24, 2.45) is 0 Å². The monoisotopic (exact) mass is 556 g/mol. The molecule has 3 aromatic rings. The van der Waals surface area contributed by atoms with E-state index >= 15 is 0 Å². The highest BCUT2D eigenvalue weighted by Gasteiger charge is 2.31. The van der Waals surface area contributed by atoms with E-state index in [1.54, 1.807) is 24.3 Å². The number of esters is 1. The largest absolute Gasteiger partial charge is 0.481 e. The average molecular weight is 557 g/mol. The molecule has 0 bridgehead atoms. The van der Waals surface area contributed by atoms with Gasteiger partial charge in [0.15, 0.2) is 0 Å². The van der Waals surface area contributed by atoms with Crippen molar-refractivity contribution in [1.82, 2.24) is 10.6 Å². The van der Waals surface area contributed by atoms with Crippen molar-refractivity contribution >= 4 is 23.9 Å². The molecule has 0 heterocycles. The lowest BCUT2D eigenvalue weighted by Gasteiger charge is -2.23. The number of nitrogens with one attached hydrogen (secondary N) is 2. The summed E-state index contributed by atoms with van der Waals surface area (Å²) in [6.07, 6.45) is 0.0930. The molecule has 41 heavy (non-hydrogen) atoms. The number of benzene rings is 3. The van der Waals surface area contributed by atoms with Crippen LogP contribution in [0.25, 0.3) is 11.1 Å². The van der Waals surface area contributed by atoms with Crippen LogP contribution in [0.5, 0.6) is 0 Å². The number of ether oxygens (including phenoxy) is 2. The fourth-order valence-corrected chi connectivity index (χ4v) is 4.88. The topological polar surface area (TPSA) is 131 Å². The molecule has 0 unspecified atom stereocenters. The van der Waals surface area contributed by atoms with Gasteiger partial charge in [-0.1, -0.05) is 91.5 Å². The SMILES string of the molecule is C=CCOC(=O)[C@H](Cc1ccccc1)NC(=O)[C@H](CCC(=O)O)NC(=O)OCC1c2ccccc2-c2ccccc21. The van der Waals surface area contributed by atoms with Crippen LogP contribution in [-0.2, 0) is 30.3 Å². The molecular formula is C32H32N2O7. The fourth-order valence-electron chi connectivity index (χ4n) is 4.88. The summed E-state index contributed by atoms with van der Waals surface area (Å²) in [7, 11) is 0. The minimum atomic E-state index is -1.26. The van der Waals surface area contributed by atoms with Crippen molar-refractivity contribution in [2.45, 2.75) is 37.3 Å². The van der Waals surface area contributed by atoms with Crippen molar-refractivity contribution in [3.63, 3.8) is 0 Å². The summed E-state index contributed by atoms with van der Waals surface area (Å²) < 4.78 is 10.7. The molecule has 0 fully saturated rings. The van der Waals surface area contributed by atoms with Crippen LogP contribution in [0.3, 0.4) is 0 Å². The molecule has 3 aromatic carbocycles. The molecule has 0 aliphatic heterocycles. The first kappa shape index (κ1) is 29.1. The van der Waals surface area contributed by atoms with Crippen LogP contribution in [0.1, 0.15) is 35.4 Å². The van der Waals surface area contributed by atoms with Crippen LogP contribution in [0, 0.1) is 0 Å². The number of carboxylic acid groups (broad SMARTS) is 1. The minimum absolute atomic E-state index is 0.0254. The van der Waals surface area contributed by atoms with Crippen molar-refractivity contribution in [1.29, 1.82) is 0 Å². The number of aliphatic carboxylic acids is 1. The number of rotatable bonds is 13. The first-order valence-corrected chi connectivity index (χ1v) is 13.3. The van der Waals surface area contributed by atoms with Crippen molar-refractivity contribution in [2.75, 3.05) is 13.2 Å². The number of amides is 2. The molecule has 9 heteroatoms. The number of fused-ring (bicyclic) bond motifs is 3. The van der Waals surface area contributed by atoms with Gasteiger partial charge >= 0.3 is 18.0 Å². The maximum absolute atomic E-state index is 13.3. The number of carboxylic acids is 1. The fraction of sp³-hybridized carbons (Fsp3) is 0.250. The van der Waals surface area contributed by atoms with E-state index in [0.29, 0.717) is 0 Å². The van der Waals surface area contributed by atoms with Crippen LogP contribution >= 0.6 is 0 Å². The van der Waals surface area contributed by atoms with Gasteiger partial charge in [0.2, 0.25) is 5.91 Å². The molecule has 2 amide bonds. The van der Waals surface area contributed by atoms with Gasteiger partial charge in [0.05, 0.1) is 0 Å². The number of hydrogen-bond acceptors (Lipinski definition) is 6. The third-order valence-corrected chi connectivity index (χ3v) is 6.83. The molecule has 0 spiro atoms. The second-order valence-electron chi connectivity index (χ2n) is 9.62. The Morgan fingerprint density at radius 3 is 2.05 bits per heavy atom. The summed E-state index contributed by atoms with van der Waals surface area (Å²) in [4.78, 5) is 50.1. The van der Waals surface area contributed by atoms with E-state index in [1.165, 1.54) is 6.08 Å². The predicted octanol–water partition coefficient (Wildman–Crippen LogP) is 4.22. The van der Waals surface area contributed by atoms with E-state index < -0.39 is 36.0 Å². The third kappa shape index (κ3) is 7.60. The predicted molar refractivity (Wildman–Crippen MR) is 152 cm³/mol.